The predicted molar refractivity (Wildman–Crippen MR) is 37.6 cm³/mol. The van der Waals surface area contributed by atoms with Crippen LogP contribution in [0.5, 0.6) is 0 Å². The van der Waals surface area contributed by atoms with Crippen LogP contribution in [0.3, 0.4) is 0 Å². The van der Waals surface area contributed by atoms with Crippen LogP contribution < -0.4 is 5.73 Å². The third-order valence-corrected chi connectivity index (χ3v) is 1.71. The first-order valence-corrected chi connectivity index (χ1v) is 3.46. The summed E-state index contributed by atoms with van der Waals surface area (Å²) in [6.07, 6.45) is -1.48. The highest BCUT2D eigenvalue weighted by Crippen LogP contribution is 2.08. The average molecular weight is 160 g/mol. The van der Waals surface area contributed by atoms with Crippen LogP contribution in [-0.4, -0.2) is 52.9 Å². The molecule has 1 saturated heterocycles. The van der Waals surface area contributed by atoms with Gasteiger partial charge in [0, 0.05) is 13.1 Å². The minimum Gasteiger partial charge on any atom is -0.389 e. The van der Waals surface area contributed by atoms with Crippen LogP contribution in [-0.2, 0) is 4.79 Å². The lowest BCUT2D eigenvalue weighted by Crippen LogP contribution is -2.32. The molecule has 11 heavy (non-hydrogen) atoms. The Morgan fingerprint density at radius 3 is 2.27 bits per heavy atom. The topological polar surface area (TPSA) is 86.8 Å². The van der Waals surface area contributed by atoms with Crippen LogP contribution in [0.1, 0.15) is 0 Å². The normalized spacial score (nSPS) is 32.5. The number of rotatable bonds is 2. The highest BCUT2D eigenvalue weighted by Gasteiger charge is 2.29. The van der Waals surface area contributed by atoms with Gasteiger partial charge < -0.3 is 15.9 Å². The van der Waals surface area contributed by atoms with Crippen LogP contribution in [0.4, 0.5) is 0 Å². The third kappa shape index (κ3) is 2.14. The van der Waals surface area contributed by atoms with Gasteiger partial charge in [0.2, 0.25) is 5.91 Å². The molecule has 1 aliphatic heterocycles. The number of aliphatic hydroxyl groups excluding tert-OH is 2. The van der Waals surface area contributed by atoms with Crippen LogP contribution in [0.25, 0.3) is 0 Å². The molecule has 0 bridgehead atoms. The van der Waals surface area contributed by atoms with Crippen LogP contribution in [0.2, 0.25) is 0 Å². The molecule has 1 fully saturated rings. The highest BCUT2D eigenvalue weighted by molar-refractivity contribution is 5.75. The standard InChI is InChI=1S/C6H12N2O3/c7-6(11)3-8-1-4(9)5(10)2-8/h4-5,9-10H,1-3H2,(H2,7,11). The zero-order valence-corrected chi connectivity index (χ0v) is 6.10. The second-order valence-electron chi connectivity index (χ2n) is 2.80. The molecule has 0 radical (unpaired) electrons. The predicted octanol–water partition coefficient (Wildman–Crippen LogP) is -2.49. The van der Waals surface area contributed by atoms with Crippen molar-refractivity contribution in [1.82, 2.24) is 4.90 Å². The van der Waals surface area contributed by atoms with Crippen molar-refractivity contribution in [2.75, 3.05) is 19.6 Å². The molecule has 4 N–H and O–H groups in total. The van der Waals surface area contributed by atoms with E-state index >= 15 is 0 Å². The molecule has 0 spiro atoms. The summed E-state index contributed by atoms with van der Waals surface area (Å²) in [6, 6.07) is 0. The minimum absolute atomic E-state index is 0.105. The smallest absolute Gasteiger partial charge is 0.231 e. The zero-order valence-electron chi connectivity index (χ0n) is 6.10. The van der Waals surface area contributed by atoms with Crippen molar-refractivity contribution in [2.24, 2.45) is 5.73 Å². The van der Waals surface area contributed by atoms with Gasteiger partial charge in [-0.05, 0) is 0 Å². The Bertz CT molecular complexity index is 152. The number of carbonyl (C=O) groups excluding carboxylic acids is 1. The number of amides is 1. The first-order chi connectivity index (χ1) is 5.09. The number of nitrogens with two attached hydrogens (primary N) is 1. The van der Waals surface area contributed by atoms with Crippen molar-refractivity contribution in [1.29, 1.82) is 0 Å². The van der Waals surface area contributed by atoms with Gasteiger partial charge in [-0.15, -0.1) is 0 Å². The minimum atomic E-state index is -0.741. The fourth-order valence-corrected chi connectivity index (χ4v) is 1.20. The number of hydrogen-bond donors (Lipinski definition) is 3. The molecule has 0 saturated carbocycles. The maximum absolute atomic E-state index is 10.4. The van der Waals surface area contributed by atoms with Crippen LogP contribution in [0, 0.1) is 0 Å². The monoisotopic (exact) mass is 160 g/mol. The number of aliphatic hydroxyl groups is 2. The molecule has 0 aromatic rings. The molecular weight excluding hydrogens is 148 g/mol. The quantitative estimate of drug-likeness (QED) is 0.417. The fraction of sp³-hybridized carbons (Fsp3) is 0.833. The summed E-state index contributed by atoms with van der Waals surface area (Å²) in [7, 11) is 0. The molecule has 5 heteroatoms. The second kappa shape index (κ2) is 3.17. The fourth-order valence-electron chi connectivity index (χ4n) is 1.20. The Morgan fingerprint density at radius 1 is 1.45 bits per heavy atom. The van der Waals surface area contributed by atoms with E-state index in [1.165, 1.54) is 0 Å². The van der Waals surface area contributed by atoms with Crippen LogP contribution in [0.15, 0.2) is 0 Å². The Balaban J connectivity index is 2.35. The number of β-amino-alcohol motifs (C(OH)–C–C–N with tert-alkyl or cyclic N) is 2. The molecule has 2 unspecified atom stereocenters. The molecule has 0 aromatic heterocycles. The van der Waals surface area contributed by atoms with E-state index in [1.807, 2.05) is 0 Å². The lowest BCUT2D eigenvalue weighted by atomic mass is 10.3. The molecule has 1 aliphatic rings. The van der Waals surface area contributed by atoms with Gasteiger partial charge >= 0.3 is 0 Å². The van der Waals surface area contributed by atoms with E-state index in [-0.39, 0.29) is 6.54 Å². The number of nitrogens with zero attached hydrogens (tertiary/aromatic N) is 1. The summed E-state index contributed by atoms with van der Waals surface area (Å²) >= 11 is 0. The van der Waals surface area contributed by atoms with E-state index in [0.717, 1.165) is 0 Å². The van der Waals surface area contributed by atoms with Gasteiger partial charge in [-0.25, -0.2) is 0 Å². The maximum Gasteiger partial charge on any atom is 0.231 e. The lowest BCUT2D eigenvalue weighted by molar-refractivity contribution is -0.119. The van der Waals surface area contributed by atoms with Gasteiger partial charge in [-0.2, -0.15) is 0 Å². The Morgan fingerprint density at radius 2 is 1.91 bits per heavy atom. The van der Waals surface area contributed by atoms with Gasteiger partial charge in [-0.1, -0.05) is 0 Å². The van der Waals surface area contributed by atoms with Gasteiger partial charge in [0.25, 0.3) is 0 Å². The van der Waals surface area contributed by atoms with Crippen molar-refractivity contribution in [3.63, 3.8) is 0 Å². The first-order valence-electron chi connectivity index (χ1n) is 3.46. The van der Waals surface area contributed by atoms with Gasteiger partial charge in [0.05, 0.1) is 18.8 Å². The summed E-state index contributed by atoms with van der Waals surface area (Å²) in [5.74, 6) is -0.439. The Hall–Kier alpha value is -0.650. The molecule has 64 valence electrons. The maximum atomic E-state index is 10.4. The molecule has 1 rings (SSSR count). The SMILES string of the molecule is NC(=O)CN1CC(O)C(O)C1. The summed E-state index contributed by atoms with van der Waals surface area (Å²) in [5, 5.41) is 18.1. The third-order valence-electron chi connectivity index (χ3n) is 1.71. The van der Waals surface area contributed by atoms with Crippen molar-refractivity contribution in [2.45, 2.75) is 12.2 Å². The Kier molecular flexibility index (Phi) is 2.43. The highest BCUT2D eigenvalue weighted by atomic mass is 16.3. The molecule has 1 amide bonds. The number of hydrogen-bond acceptors (Lipinski definition) is 4. The number of primary amides is 1. The van der Waals surface area contributed by atoms with E-state index in [1.54, 1.807) is 4.90 Å². The number of carbonyl (C=O) groups is 1. The summed E-state index contributed by atoms with van der Waals surface area (Å²) in [5.41, 5.74) is 4.92. The van der Waals surface area contributed by atoms with Crippen molar-refractivity contribution in [3.05, 3.63) is 0 Å². The van der Waals surface area contributed by atoms with Gasteiger partial charge in [0.1, 0.15) is 0 Å². The molecule has 0 aliphatic carbocycles. The first kappa shape index (κ1) is 8.45. The average Bonchev–Trinajstić information content (AvgIpc) is 2.10. The van der Waals surface area contributed by atoms with Crippen molar-refractivity contribution in [3.8, 4) is 0 Å². The second-order valence-corrected chi connectivity index (χ2v) is 2.80. The van der Waals surface area contributed by atoms with Gasteiger partial charge in [-0.3, -0.25) is 9.69 Å². The van der Waals surface area contributed by atoms with Crippen LogP contribution >= 0.6 is 0 Å². The molecular formula is C6H12N2O3. The van der Waals surface area contributed by atoms with E-state index in [4.69, 9.17) is 15.9 Å². The van der Waals surface area contributed by atoms with E-state index in [0.29, 0.717) is 13.1 Å². The largest absolute Gasteiger partial charge is 0.389 e. The summed E-state index contributed by atoms with van der Waals surface area (Å²) < 4.78 is 0. The van der Waals surface area contributed by atoms with Crippen molar-refractivity contribution >= 4 is 5.91 Å². The molecule has 2 atom stereocenters. The summed E-state index contributed by atoms with van der Waals surface area (Å²) in [4.78, 5) is 12.0. The zero-order chi connectivity index (χ0) is 8.43. The summed E-state index contributed by atoms with van der Waals surface area (Å²) in [6.45, 7) is 0.752. The van der Waals surface area contributed by atoms with Gasteiger partial charge in [0.15, 0.2) is 0 Å². The molecule has 5 nitrogen and oxygen atoms in total. The van der Waals surface area contributed by atoms with E-state index < -0.39 is 18.1 Å². The molecule has 0 aromatic carbocycles. The lowest BCUT2D eigenvalue weighted by Gasteiger charge is -2.10. The van der Waals surface area contributed by atoms with E-state index in [2.05, 4.69) is 0 Å². The molecule has 1 heterocycles. The van der Waals surface area contributed by atoms with E-state index in [9.17, 15) is 4.79 Å². The Labute approximate surface area is 64.4 Å². The number of likely N-dealkylation sites (tertiary alicyclic amines) is 1. The van der Waals surface area contributed by atoms with Crippen molar-refractivity contribution < 1.29 is 15.0 Å².